The maximum Gasteiger partial charge on any atom is 0.261 e. The van der Waals surface area contributed by atoms with E-state index in [-0.39, 0.29) is 11.8 Å². The zero-order valence-electron chi connectivity index (χ0n) is 15.7. The lowest BCUT2D eigenvalue weighted by Crippen LogP contribution is -2.15. The van der Waals surface area contributed by atoms with Crippen LogP contribution >= 0.6 is 0 Å². The Kier molecular flexibility index (Phi) is 4.94. The van der Waals surface area contributed by atoms with E-state index in [1.54, 1.807) is 35.1 Å². The van der Waals surface area contributed by atoms with Crippen LogP contribution in [0.5, 0.6) is 0 Å². The molecule has 0 atom stereocenters. The van der Waals surface area contributed by atoms with Crippen LogP contribution in [-0.4, -0.2) is 26.2 Å². The van der Waals surface area contributed by atoms with Crippen molar-refractivity contribution in [3.63, 3.8) is 0 Å². The Morgan fingerprint density at radius 3 is 2.07 bits per heavy atom. The first kappa shape index (κ1) is 18.2. The monoisotopic (exact) mass is 385 g/mol. The molecular formula is C22H19N5O2. The van der Waals surface area contributed by atoms with Gasteiger partial charge in [-0.2, -0.15) is 5.10 Å². The summed E-state index contributed by atoms with van der Waals surface area (Å²) in [6, 6.07) is 20.4. The normalized spacial score (nSPS) is 10.5. The minimum absolute atomic E-state index is 0.147. The molecule has 0 aliphatic rings. The van der Waals surface area contributed by atoms with E-state index in [4.69, 9.17) is 0 Å². The predicted octanol–water partition coefficient (Wildman–Crippen LogP) is 3.87. The van der Waals surface area contributed by atoms with E-state index in [0.717, 1.165) is 5.69 Å². The van der Waals surface area contributed by atoms with Crippen LogP contribution in [0.4, 0.5) is 11.4 Å². The third-order valence-corrected chi connectivity index (χ3v) is 4.30. The number of carbonyl (C=O) groups is 2. The third kappa shape index (κ3) is 3.93. The van der Waals surface area contributed by atoms with Crippen LogP contribution in [0.2, 0.25) is 0 Å². The van der Waals surface area contributed by atoms with Gasteiger partial charge in [0.15, 0.2) is 5.82 Å². The summed E-state index contributed by atoms with van der Waals surface area (Å²) in [6.07, 6.45) is 5.30. The van der Waals surface area contributed by atoms with Gasteiger partial charge in [-0.05, 0) is 48.5 Å². The smallest absolute Gasteiger partial charge is 0.261 e. The number of carbonyl (C=O) groups excluding carboxylic acids is 2. The lowest BCUT2D eigenvalue weighted by molar-refractivity contribution is -0.114. The summed E-state index contributed by atoms with van der Waals surface area (Å²) in [6.45, 7) is 1.45. The molecule has 2 heterocycles. The Labute approximate surface area is 167 Å². The molecule has 29 heavy (non-hydrogen) atoms. The second-order valence-electron chi connectivity index (χ2n) is 6.43. The average Bonchev–Trinajstić information content (AvgIpc) is 3.39. The van der Waals surface area contributed by atoms with E-state index >= 15 is 0 Å². The lowest BCUT2D eigenvalue weighted by atomic mass is 10.2. The Morgan fingerprint density at radius 2 is 1.45 bits per heavy atom. The van der Waals surface area contributed by atoms with Crippen molar-refractivity contribution >= 4 is 23.2 Å². The molecule has 0 saturated heterocycles. The number of hydrogen-bond donors (Lipinski definition) is 2. The summed E-state index contributed by atoms with van der Waals surface area (Å²) in [4.78, 5) is 24.1. The summed E-state index contributed by atoms with van der Waals surface area (Å²) in [5.41, 5.74) is 2.58. The largest absolute Gasteiger partial charge is 0.326 e. The van der Waals surface area contributed by atoms with Crippen molar-refractivity contribution in [3.05, 3.63) is 90.9 Å². The second kappa shape index (κ2) is 7.85. The number of anilines is 2. The van der Waals surface area contributed by atoms with Crippen LogP contribution in [-0.2, 0) is 4.79 Å². The Morgan fingerprint density at radius 1 is 0.828 bits per heavy atom. The molecule has 2 aromatic heterocycles. The van der Waals surface area contributed by atoms with Gasteiger partial charge in [0.25, 0.3) is 5.91 Å². The number of para-hydroxylation sites is 1. The number of hydrogen-bond acceptors (Lipinski definition) is 3. The fraction of sp³-hybridized carbons (Fsp3) is 0.0455. The number of amides is 2. The van der Waals surface area contributed by atoms with Crippen LogP contribution in [0.15, 0.2) is 85.3 Å². The first-order valence-electron chi connectivity index (χ1n) is 9.07. The summed E-state index contributed by atoms with van der Waals surface area (Å²) in [5, 5.41) is 10.0. The van der Waals surface area contributed by atoms with Gasteiger partial charge >= 0.3 is 0 Å². The molecule has 0 aliphatic carbocycles. The van der Waals surface area contributed by atoms with Crippen LogP contribution in [0.3, 0.4) is 0 Å². The minimum Gasteiger partial charge on any atom is -0.326 e. The van der Waals surface area contributed by atoms with Crippen molar-refractivity contribution < 1.29 is 9.59 Å². The van der Waals surface area contributed by atoms with Gasteiger partial charge in [-0.25, -0.2) is 4.68 Å². The van der Waals surface area contributed by atoms with Crippen LogP contribution in [0.25, 0.3) is 11.5 Å². The van der Waals surface area contributed by atoms with Crippen molar-refractivity contribution in [2.45, 2.75) is 6.92 Å². The van der Waals surface area contributed by atoms with E-state index in [1.165, 1.54) is 6.92 Å². The molecule has 0 aliphatic heterocycles. The Balaban J connectivity index is 1.65. The molecule has 0 fully saturated rings. The van der Waals surface area contributed by atoms with Crippen molar-refractivity contribution in [2.75, 3.05) is 10.6 Å². The number of nitrogens with zero attached hydrogens (tertiary/aromatic N) is 3. The average molecular weight is 385 g/mol. The van der Waals surface area contributed by atoms with Crippen molar-refractivity contribution in [2.24, 2.45) is 0 Å². The van der Waals surface area contributed by atoms with Gasteiger partial charge in [-0.3, -0.25) is 9.59 Å². The zero-order valence-corrected chi connectivity index (χ0v) is 15.7. The molecule has 2 amide bonds. The van der Waals surface area contributed by atoms with Gasteiger partial charge in [0.05, 0.1) is 11.9 Å². The maximum atomic E-state index is 13.0. The summed E-state index contributed by atoms with van der Waals surface area (Å²) in [5.74, 6) is 0.225. The van der Waals surface area contributed by atoms with E-state index < -0.39 is 0 Å². The highest BCUT2D eigenvalue weighted by atomic mass is 16.2. The topological polar surface area (TPSA) is 81.0 Å². The predicted molar refractivity (Wildman–Crippen MR) is 112 cm³/mol. The summed E-state index contributed by atoms with van der Waals surface area (Å²) < 4.78 is 3.59. The van der Waals surface area contributed by atoms with Crippen molar-refractivity contribution in [3.8, 4) is 11.5 Å². The maximum absolute atomic E-state index is 13.0. The Hall–Kier alpha value is -4.13. The molecule has 4 rings (SSSR count). The van der Waals surface area contributed by atoms with E-state index in [2.05, 4.69) is 15.7 Å². The third-order valence-electron chi connectivity index (χ3n) is 4.30. The van der Waals surface area contributed by atoms with E-state index in [9.17, 15) is 9.59 Å². The second-order valence-corrected chi connectivity index (χ2v) is 6.43. The first-order valence-corrected chi connectivity index (χ1v) is 9.07. The highest BCUT2D eigenvalue weighted by molar-refractivity contribution is 6.06. The fourth-order valence-corrected chi connectivity index (χ4v) is 3.02. The number of benzene rings is 2. The van der Waals surface area contributed by atoms with Crippen LogP contribution in [0, 0.1) is 0 Å². The van der Waals surface area contributed by atoms with Crippen LogP contribution < -0.4 is 10.6 Å². The number of rotatable bonds is 5. The standard InChI is InChI=1S/C22H19N5O2/c1-16(28)24-17-9-11-18(12-10-17)25-21(29)20-15-23-27(19-7-3-2-4-8-19)22(20)26-13-5-6-14-26/h2-15H,1H3,(H,24,28)(H,25,29). The van der Waals surface area contributed by atoms with Crippen LogP contribution in [0.1, 0.15) is 17.3 Å². The van der Waals surface area contributed by atoms with Crippen molar-refractivity contribution in [1.82, 2.24) is 14.3 Å². The van der Waals surface area contributed by atoms with E-state index in [0.29, 0.717) is 22.8 Å². The molecule has 144 valence electrons. The quantitative estimate of drug-likeness (QED) is 0.547. The molecule has 4 aromatic rings. The molecule has 0 spiro atoms. The fourth-order valence-electron chi connectivity index (χ4n) is 3.02. The zero-order chi connectivity index (χ0) is 20.2. The summed E-state index contributed by atoms with van der Waals surface area (Å²) >= 11 is 0. The molecule has 0 saturated carbocycles. The number of nitrogens with one attached hydrogen (secondary N) is 2. The summed E-state index contributed by atoms with van der Waals surface area (Å²) in [7, 11) is 0. The van der Waals surface area contributed by atoms with Gasteiger partial charge in [-0.15, -0.1) is 0 Å². The highest BCUT2D eigenvalue weighted by Crippen LogP contribution is 2.21. The molecule has 7 nitrogen and oxygen atoms in total. The molecule has 0 unspecified atom stereocenters. The SMILES string of the molecule is CC(=O)Nc1ccc(NC(=O)c2cnn(-c3ccccc3)c2-n2cccc2)cc1. The molecule has 2 aromatic carbocycles. The highest BCUT2D eigenvalue weighted by Gasteiger charge is 2.20. The molecule has 0 bridgehead atoms. The van der Waals surface area contributed by atoms with Gasteiger partial charge in [-0.1, -0.05) is 18.2 Å². The molecular weight excluding hydrogens is 366 g/mol. The molecule has 2 N–H and O–H groups in total. The van der Waals surface area contributed by atoms with E-state index in [1.807, 2.05) is 59.4 Å². The minimum atomic E-state index is -0.275. The molecule has 0 radical (unpaired) electrons. The van der Waals surface area contributed by atoms with Crippen molar-refractivity contribution in [1.29, 1.82) is 0 Å². The van der Waals surface area contributed by atoms with Gasteiger partial charge in [0.1, 0.15) is 5.56 Å². The van der Waals surface area contributed by atoms with Gasteiger partial charge < -0.3 is 15.2 Å². The Bertz CT molecular complexity index is 1130. The first-order chi connectivity index (χ1) is 14.1. The number of aromatic nitrogens is 3. The van der Waals surface area contributed by atoms with Gasteiger partial charge in [0.2, 0.25) is 5.91 Å². The van der Waals surface area contributed by atoms with Gasteiger partial charge in [0, 0.05) is 30.7 Å². The lowest BCUT2D eigenvalue weighted by Gasteiger charge is -2.11. The molecule has 7 heteroatoms.